The van der Waals surface area contributed by atoms with Gasteiger partial charge in [0.05, 0.1) is 21.1 Å². The van der Waals surface area contributed by atoms with Crippen molar-refractivity contribution < 1.29 is 13.5 Å². The Morgan fingerprint density at radius 1 is 1.02 bits per heavy atom. The highest BCUT2D eigenvalue weighted by Gasteiger charge is 2.45. The van der Waals surface area contributed by atoms with Crippen LogP contribution in [0.1, 0.15) is 44.9 Å². The SMILES string of the molecule is Nc1nc2c(-c3ncc4c(N5CC6CCC(C6)C5)nc(OCC56CCCN5CCC6)nc4c3F)ccc(F)c2s1. The van der Waals surface area contributed by atoms with Gasteiger partial charge in [-0.1, -0.05) is 11.3 Å². The molecule has 3 saturated heterocycles. The highest BCUT2D eigenvalue weighted by Crippen LogP contribution is 2.42. The van der Waals surface area contributed by atoms with Crippen LogP contribution < -0.4 is 15.4 Å². The summed E-state index contributed by atoms with van der Waals surface area (Å²) >= 11 is 1.04. The molecule has 2 unspecified atom stereocenters. The van der Waals surface area contributed by atoms with Crippen LogP contribution in [0.25, 0.3) is 32.4 Å². The fraction of sp³-hybridized carbons (Fsp3) is 0.517. The summed E-state index contributed by atoms with van der Waals surface area (Å²) in [6.07, 6.45) is 9.87. The maximum Gasteiger partial charge on any atom is 0.319 e. The van der Waals surface area contributed by atoms with Crippen molar-refractivity contribution in [2.45, 2.75) is 50.5 Å². The molecule has 8 nitrogen and oxygen atoms in total. The smallest absolute Gasteiger partial charge is 0.319 e. The third-order valence-electron chi connectivity index (χ3n) is 9.60. The normalized spacial score (nSPS) is 23.9. The van der Waals surface area contributed by atoms with Gasteiger partial charge in [-0.05, 0) is 82.0 Å². The first-order valence-electron chi connectivity index (χ1n) is 14.3. The summed E-state index contributed by atoms with van der Waals surface area (Å²) in [6, 6.07) is 3.01. The number of nitrogens with two attached hydrogens (primary N) is 1. The maximum absolute atomic E-state index is 16.5. The molecule has 2 atom stereocenters. The molecule has 6 heterocycles. The number of fused-ring (bicyclic) bond motifs is 5. The number of piperidine rings is 1. The number of pyridine rings is 1. The van der Waals surface area contributed by atoms with Crippen molar-refractivity contribution in [1.82, 2.24) is 24.8 Å². The topological polar surface area (TPSA) is 93.3 Å². The number of anilines is 2. The lowest BCUT2D eigenvalue weighted by atomic mass is 9.95. The fourth-order valence-corrected chi connectivity index (χ4v) is 8.50. The van der Waals surface area contributed by atoms with E-state index in [4.69, 9.17) is 15.5 Å². The van der Waals surface area contributed by atoms with Crippen LogP contribution in [0.2, 0.25) is 0 Å². The largest absolute Gasteiger partial charge is 0.461 e. The minimum Gasteiger partial charge on any atom is -0.461 e. The predicted octanol–water partition coefficient (Wildman–Crippen LogP) is 5.41. The Kier molecular flexibility index (Phi) is 5.64. The van der Waals surface area contributed by atoms with Gasteiger partial charge in [0.15, 0.2) is 10.9 Å². The van der Waals surface area contributed by atoms with Gasteiger partial charge in [-0.2, -0.15) is 9.97 Å². The Hall–Kier alpha value is -3.18. The molecular formula is C29H31F2N7OS. The summed E-state index contributed by atoms with van der Waals surface area (Å²) in [4.78, 5) is 23.1. The molecule has 4 aromatic rings. The lowest BCUT2D eigenvalue weighted by molar-refractivity contribution is 0.108. The zero-order valence-electron chi connectivity index (χ0n) is 22.2. The first-order valence-corrected chi connectivity index (χ1v) is 15.1. The lowest BCUT2D eigenvalue weighted by Crippen LogP contribution is -2.43. The van der Waals surface area contributed by atoms with E-state index >= 15 is 4.39 Å². The maximum atomic E-state index is 16.5. The lowest BCUT2D eigenvalue weighted by Gasteiger charge is -2.34. The zero-order valence-corrected chi connectivity index (χ0v) is 23.0. The highest BCUT2D eigenvalue weighted by atomic mass is 32.1. The molecule has 2 N–H and O–H groups in total. The minimum absolute atomic E-state index is 0.0227. The highest BCUT2D eigenvalue weighted by molar-refractivity contribution is 7.22. The molecule has 3 aromatic heterocycles. The molecule has 1 aliphatic carbocycles. The van der Waals surface area contributed by atoms with Crippen LogP contribution in [0.4, 0.5) is 19.7 Å². The zero-order chi connectivity index (χ0) is 27.0. The summed E-state index contributed by atoms with van der Waals surface area (Å²) in [6.45, 7) is 4.47. The van der Waals surface area contributed by atoms with Crippen LogP contribution in [-0.2, 0) is 0 Å². The number of hydrogen-bond acceptors (Lipinski definition) is 9. The van der Waals surface area contributed by atoms with Crippen LogP contribution >= 0.6 is 11.3 Å². The predicted molar refractivity (Wildman–Crippen MR) is 152 cm³/mol. The Bertz CT molecular complexity index is 1620. The van der Waals surface area contributed by atoms with Crippen molar-refractivity contribution in [2.24, 2.45) is 11.8 Å². The number of benzene rings is 1. The van der Waals surface area contributed by atoms with E-state index < -0.39 is 11.6 Å². The van der Waals surface area contributed by atoms with Crippen LogP contribution in [0, 0.1) is 23.5 Å². The molecule has 0 spiro atoms. The van der Waals surface area contributed by atoms with Gasteiger partial charge in [0, 0.05) is 24.8 Å². The number of aromatic nitrogens is 4. The van der Waals surface area contributed by atoms with E-state index in [2.05, 4.69) is 24.8 Å². The van der Waals surface area contributed by atoms with Gasteiger partial charge in [0.25, 0.3) is 0 Å². The van der Waals surface area contributed by atoms with Gasteiger partial charge >= 0.3 is 6.01 Å². The summed E-state index contributed by atoms with van der Waals surface area (Å²) < 4.78 is 37.6. The summed E-state index contributed by atoms with van der Waals surface area (Å²) in [5.41, 5.74) is 6.82. The summed E-state index contributed by atoms with van der Waals surface area (Å²) in [5, 5.41) is 0.780. The molecule has 0 radical (unpaired) electrons. The van der Waals surface area contributed by atoms with Crippen molar-refractivity contribution in [2.75, 3.05) is 43.4 Å². The van der Waals surface area contributed by atoms with E-state index in [1.165, 1.54) is 44.2 Å². The number of nitrogens with zero attached hydrogens (tertiary/aromatic N) is 6. The van der Waals surface area contributed by atoms with Gasteiger partial charge in [0.2, 0.25) is 0 Å². The van der Waals surface area contributed by atoms with E-state index in [-0.39, 0.29) is 32.6 Å². The Morgan fingerprint density at radius 2 is 1.80 bits per heavy atom. The van der Waals surface area contributed by atoms with E-state index in [0.717, 1.165) is 50.4 Å². The van der Waals surface area contributed by atoms with Crippen LogP contribution in [0.5, 0.6) is 6.01 Å². The van der Waals surface area contributed by atoms with E-state index in [0.29, 0.717) is 40.7 Å². The van der Waals surface area contributed by atoms with Crippen LogP contribution in [0.15, 0.2) is 18.3 Å². The van der Waals surface area contributed by atoms with Crippen LogP contribution in [-0.4, -0.2) is 63.2 Å². The molecule has 8 rings (SSSR count). The fourth-order valence-electron chi connectivity index (χ4n) is 7.74. The number of nitrogen functional groups attached to an aromatic ring is 1. The standard InChI is InChI=1S/C29H31F2N7OS/c30-20-6-5-18(24-25(20)40-27(32)34-24)22-21(31)23-19(12-33-22)26(37-13-16-3-4-17(11-16)14-37)36-28(35-23)39-15-29-7-1-9-38(29)10-2-8-29/h5-6,12,16-17H,1-4,7-11,13-15H2,(H2,32,34). The molecule has 3 aliphatic heterocycles. The molecule has 40 heavy (non-hydrogen) atoms. The van der Waals surface area contributed by atoms with Crippen molar-refractivity contribution in [3.05, 3.63) is 30.0 Å². The molecule has 11 heteroatoms. The van der Waals surface area contributed by atoms with Gasteiger partial charge in [0.1, 0.15) is 29.5 Å². The molecule has 4 fully saturated rings. The van der Waals surface area contributed by atoms with E-state index in [1.54, 1.807) is 6.20 Å². The second-order valence-electron chi connectivity index (χ2n) is 12.0. The number of halogens is 2. The molecule has 2 bridgehead atoms. The van der Waals surface area contributed by atoms with Gasteiger partial charge in [-0.25, -0.2) is 13.8 Å². The quantitative estimate of drug-likeness (QED) is 0.345. The van der Waals surface area contributed by atoms with E-state index in [9.17, 15) is 4.39 Å². The summed E-state index contributed by atoms with van der Waals surface area (Å²) in [5.74, 6) is 0.895. The van der Waals surface area contributed by atoms with E-state index in [1.807, 2.05) is 0 Å². The van der Waals surface area contributed by atoms with Gasteiger partial charge < -0.3 is 15.4 Å². The third-order valence-corrected chi connectivity index (χ3v) is 10.5. The average Bonchev–Trinajstić information content (AvgIpc) is 3.71. The second-order valence-corrected chi connectivity index (χ2v) is 13.0. The monoisotopic (exact) mass is 563 g/mol. The first-order chi connectivity index (χ1) is 19.5. The molecule has 1 saturated carbocycles. The number of ether oxygens (including phenoxy) is 1. The molecule has 1 aromatic carbocycles. The second kappa shape index (κ2) is 9.17. The van der Waals surface area contributed by atoms with Crippen molar-refractivity contribution >= 4 is 43.4 Å². The number of thiazole rings is 1. The van der Waals surface area contributed by atoms with Crippen LogP contribution in [0.3, 0.4) is 0 Å². The number of rotatable bonds is 5. The van der Waals surface area contributed by atoms with Crippen molar-refractivity contribution in [3.63, 3.8) is 0 Å². The molecule has 4 aliphatic rings. The van der Waals surface area contributed by atoms with Gasteiger partial charge in [-0.15, -0.1) is 0 Å². The summed E-state index contributed by atoms with van der Waals surface area (Å²) in [7, 11) is 0. The van der Waals surface area contributed by atoms with Crippen molar-refractivity contribution in [1.29, 1.82) is 0 Å². The average molecular weight is 564 g/mol. The Labute approximate surface area is 234 Å². The Balaban J connectivity index is 1.25. The molecule has 0 amide bonds. The number of hydrogen-bond donors (Lipinski definition) is 1. The molecular weight excluding hydrogens is 532 g/mol. The van der Waals surface area contributed by atoms with Crippen molar-refractivity contribution in [3.8, 4) is 17.3 Å². The van der Waals surface area contributed by atoms with Gasteiger partial charge in [-0.3, -0.25) is 9.88 Å². The third kappa shape index (κ3) is 3.84. The molecule has 208 valence electrons. The minimum atomic E-state index is -0.591. The first kappa shape index (κ1) is 24.6. The Morgan fingerprint density at radius 3 is 2.58 bits per heavy atom.